The Labute approximate surface area is 203 Å². The van der Waals surface area contributed by atoms with E-state index in [4.69, 9.17) is 23.9 Å². The second-order valence-electron chi connectivity index (χ2n) is 9.25. The Morgan fingerprint density at radius 3 is 2.64 bits per heavy atom. The van der Waals surface area contributed by atoms with Gasteiger partial charge in [-0.1, -0.05) is 0 Å². The largest absolute Gasteiger partial charge is 0.494 e. The lowest BCUT2D eigenvalue weighted by atomic mass is 9.67. The maximum atomic E-state index is 12.9. The monoisotopic (exact) mass is 485 g/mol. The standard InChI is InChI=1S/C26H19N3O7/c1-33-22-7-13(5-19-25(22)28-17-3-2-15(29(31)32)8-18(17)27-19)23-16-9-21-20(35-11-36-21)6-12(16)4-14-10-34-26(30)24(14)23/h2-3,5-9,14,23-24H,4,10-11H2,1H3/t14-,23+,24-/m0/s1. The van der Waals surface area contributed by atoms with Crippen LogP contribution in [-0.4, -0.2) is 41.4 Å². The number of cyclic esters (lactones) is 1. The van der Waals surface area contributed by atoms with Crippen molar-refractivity contribution in [1.29, 1.82) is 0 Å². The third kappa shape index (κ3) is 3.00. The van der Waals surface area contributed by atoms with Crippen molar-refractivity contribution in [3.05, 3.63) is 69.3 Å². The molecule has 1 saturated heterocycles. The summed E-state index contributed by atoms with van der Waals surface area (Å²) in [6.07, 6.45) is 0.706. The number of nitro groups is 1. The third-order valence-corrected chi connectivity index (χ3v) is 7.33. The highest BCUT2D eigenvalue weighted by Crippen LogP contribution is 2.51. The van der Waals surface area contributed by atoms with Crippen molar-refractivity contribution in [3.8, 4) is 17.2 Å². The van der Waals surface area contributed by atoms with Crippen LogP contribution in [0, 0.1) is 22.0 Å². The predicted molar refractivity (Wildman–Crippen MR) is 126 cm³/mol. The molecule has 0 saturated carbocycles. The molecule has 3 atom stereocenters. The van der Waals surface area contributed by atoms with Gasteiger partial charge < -0.3 is 18.9 Å². The molecule has 1 aliphatic carbocycles. The number of ether oxygens (including phenoxy) is 4. The van der Waals surface area contributed by atoms with Crippen molar-refractivity contribution in [3.63, 3.8) is 0 Å². The lowest BCUT2D eigenvalue weighted by Crippen LogP contribution is -2.31. The summed E-state index contributed by atoms with van der Waals surface area (Å²) in [4.78, 5) is 33.1. The Hall–Kier alpha value is -4.47. The summed E-state index contributed by atoms with van der Waals surface area (Å²) in [5, 5.41) is 11.3. The molecule has 4 aromatic rings. The molecule has 3 aliphatic rings. The van der Waals surface area contributed by atoms with Crippen LogP contribution in [0.25, 0.3) is 22.1 Å². The highest BCUT2D eigenvalue weighted by molar-refractivity contribution is 5.91. The van der Waals surface area contributed by atoms with E-state index in [1.807, 2.05) is 24.3 Å². The van der Waals surface area contributed by atoms with Crippen molar-refractivity contribution < 1.29 is 28.7 Å². The number of hydrogen-bond acceptors (Lipinski definition) is 9. The van der Waals surface area contributed by atoms with Gasteiger partial charge in [-0.2, -0.15) is 0 Å². The number of carbonyl (C=O) groups excluding carboxylic acids is 1. The number of benzene rings is 3. The molecule has 3 heterocycles. The Morgan fingerprint density at radius 2 is 1.83 bits per heavy atom. The number of rotatable bonds is 3. The highest BCUT2D eigenvalue weighted by atomic mass is 16.7. The average Bonchev–Trinajstić information content (AvgIpc) is 3.49. The molecule has 180 valence electrons. The van der Waals surface area contributed by atoms with Gasteiger partial charge in [0.2, 0.25) is 6.79 Å². The molecule has 0 bridgehead atoms. The summed E-state index contributed by atoms with van der Waals surface area (Å²) >= 11 is 0. The van der Waals surface area contributed by atoms with Crippen LogP contribution >= 0.6 is 0 Å². The summed E-state index contributed by atoms with van der Waals surface area (Å²) in [6.45, 7) is 0.531. The van der Waals surface area contributed by atoms with Crippen LogP contribution < -0.4 is 14.2 Å². The van der Waals surface area contributed by atoms with E-state index in [0.717, 1.165) is 16.7 Å². The van der Waals surface area contributed by atoms with Crippen molar-refractivity contribution >= 4 is 33.7 Å². The summed E-state index contributed by atoms with van der Waals surface area (Å²) < 4.78 is 22.4. The summed E-state index contributed by atoms with van der Waals surface area (Å²) in [5.41, 5.74) is 4.81. The predicted octanol–water partition coefficient (Wildman–Crippen LogP) is 3.91. The Morgan fingerprint density at radius 1 is 1.00 bits per heavy atom. The fourth-order valence-electron chi connectivity index (χ4n) is 5.71. The van der Waals surface area contributed by atoms with Crippen LogP contribution in [0.2, 0.25) is 0 Å². The maximum Gasteiger partial charge on any atom is 0.310 e. The van der Waals surface area contributed by atoms with Gasteiger partial charge in [0.25, 0.3) is 5.69 Å². The number of aromatic nitrogens is 2. The average molecular weight is 485 g/mol. The number of non-ortho nitro benzene ring substituents is 1. The molecule has 3 aromatic carbocycles. The normalized spacial score (nSPS) is 21.8. The lowest BCUT2D eigenvalue weighted by molar-refractivity contribution is -0.384. The van der Waals surface area contributed by atoms with Gasteiger partial charge in [-0.3, -0.25) is 14.9 Å². The van der Waals surface area contributed by atoms with Crippen molar-refractivity contribution in [2.75, 3.05) is 20.5 Å². The van der Waals surface area contributed by atoms with Gasteiger partial charge in [-0.25, -0.2) is 9.97 Å². The van der Waals surface area contributed by atoms with Crippen LogP contribution in [-0.2, 0) is 16.0 Å². The molecule has 0 spiro atoms. The van der Waals surface area contributed by atoms with Gasteiger partial charge in [-0.15, -0.1) is 0 Å². The number of fused-ring (bicyclic) bond motifs is 5. The number of nitrogens with zero attached hydrogens (tertiary/aromatic N) is 3. The summed E-state index contributed by atoms with van der Waals surface area (Å²) in [6, 6.07) is 12.1. The molecule has 0 N–H and O–H groups in total. The van der Waals surface area contributed by atoms with Gasteiger partial charge in [0, 0.05) is 24.0 Å². The first-order valence-electron chi connectivity index (χ1n) is 11.5. The minimum absolute atomic E-state index is 0.0300. The van der Waals surface area contributed by atoms with Crippen LogP contribution in [0.5, 0.6) is 17.2 Å². The van der Waals surface area contributed by atoms with E-state index >= 15 is 0 Å². The lowest BCUT2D eigenvalue weighted by Gasteiger charge is -2.33. The van der Waals surface area contributed by atoms with E-state index in [1.165, 1.54) is 12.1 Å². The molecular formula is C26H19N3O7. The Balaban J connectivity index is 1.46. The minimum Gasteiger partial charge on any atom is -0.494 e. The molecule has 10 nitrogen and oxygen atoms in total. The zero-order valence-electron chi connectivity index (χ0n) is 19.1. The van der Waals surface area contributed by atoms with Crippen LogP contribution in [0.15, 0.2) is 42.5 Å². The number of methoxy groups -OCH3 is 1. The SMILES string of the molecule is COc1cc([C@@H]2c3cc4c(cc3C[C@H]3COC(=O)[C@@H]32)OCO4)cc2nc3cc([N+](=O)[O-])ccc3nc12. The molecule has 0 amide bonds. The maximum absolute atomic E-state index is 12.9. The van der Waals surface area contributed by atoms with Crippen molar-refractivity contribution in [2.45, 2.75) is 12.3 Å². The highest BCUT2D eigenvalue weighted by Gasteiger charge is 2.48. The summed E-state index contributed by atoms with van der Waals surface area (Å²) in [5.74, 6) is 0.973. The second kappa shape index (κ2) is 7.51. The van der Waals surface area contributed by atoms with E-state index in [2.05, 4.69) is 4.98 Å². The molecule has 2 aliphatic heterocycles. The van der Waals surface area contributed by atoms with Gasteiger partial charge in [0.1, 0.15) is 11.3 Å². The number of esters is 1. The second-order valence-corrected chi connectivity index (χ2v) is 9.25. The molecule has 36 heavy (non-hydrogen) atoms. The first-order chi connectivity index (χ1) is 17.5. The van der Waals surface area contributed by atoms with E-state index in [0.29, 0.717) is 52.3 Å². The third-order valence-electron chi connectivity index (χ3n) is 7.33. The van der Waals surface area contributed by atoms with Gasteiger partial charge in [0.05, 0.1) is 41.1 Å². The number of hydrogen-bond donors (Lipinski definition) is 0. The fourth-order valence-corrected chi connectivity index (χ4v) is 5.71. The number of carbonyl (C=O) groups is 1. The van der Waals surface area contributed by atoms with Crippen molar-refractivity contribution in [1.82, 2.24) is 9.97 Å². The van der Waals surface area contributed by atoms with Crippen molar-refractivity contribution in [2.24, 2.45) is 11.8 Å². The zero-order valence-corrected chi connectivity index (χ0v) is 19.1. The first kappa shape index (κ1) is 20.9. The van der Waals surface area contributed by atoms with Gasteiger partial charge in [-0.05, 0) is 53.4 Å². The topological polar surface area (TPSA) is 123 Å². The molecule has 0 unspecified atom stereocenters. The quantitative estimate of drug-likeness (QED) is 0.184. The summed E-state index contributed by atoms with van der Waals surface area (Å²) in [7, 11) is 1.56. The Bertz CT molecular complexity index is 1620. The molecular weight excluding hydrogens is 466 g/mol. The molecule has 7 rings (SSSR count). The minimum atomic E-state index is -0.461. The van der Waals surface area contributed by atoms with E-state index in [1.54, 1.807) is 13.2 Å². The van der Waals surface area contributed by atoms with Crippen LogP contribution in [0.4, 0.5) is 5.69 Å². The van der Waals surface area contributed by atoms with Gasteiger partial charge in [0.15, 0.2) is 11.5 Å². The number of nitro benzene ring substituents is 1. The first-order valence-corrected chi connectivity index (χ1v) is 11.5. The molecule has 10 heteroatoms. The Kier molecular flexibility index (Phi) is 4.35. The van der Waals surface area contributed by atoms with E-state index in [-0.39, 0.29) is 36.2 Å². The molecule has 1 fully saturated rings. The van der Waals surface area contributed by atoms with Crippen LogP contribution in [0.3, 0.4) is 0 Å². The molecule has 1 aromatic heterocycles. The van der Waals surface area contributed by atoms with E-state index < -0.39 is 4.92 Å². The fraction of sp³-hybridized carbons (Fsp3) is 0.269. The van der Waals surface area contributed by atoms with Gasteiger partial charge >= 0.3 is 5.97 Å². The smallest absolute Gasteiger partial charge is 0.310 e. The molecule has 0 radical (unpaired) electrons. The van der Waals surface area contributed by atoms with E-state index in [9.17, 15) is 14.9 Å². The zero-order chi connectivity index (χ0) is 24.6. The van der Waals surface area contributed by atoms with Crippen LogP contribution in [0.1, 0.15) is 22.6 Å².